The van der Waals surface area contributed by atoms with Crippen molar-refractivity contribution in [2.45, 2.75) is 39.7 Å². The van der Waals surface area contributed by atoms with Gasteiger partial charge in [-0.25, -0.2) is 4.79 Å². The number of benzene rings is 3. The number of hydrogen-bond donors (Lipinski definition) is 1. The van der Waals surface area contributed by atoms with Gasteiger partial charge in [-0.05, 0) is 85.7 Å². The van der Waals surface area contributed by atoms with Crippen molar-refractivity contribution in [2.75, 3.05) is 5.32 Å². The van der Waals surface area contributed by atoms with Crippen molar-refractivity contribution >= 4 is 51.5 Å². The van der Waals surface area contributed by atoms with Gasteiger partial charge in [0.15, 0.2) is 0 Å². The molecule has 5 rings (SSSR count). The van der Waals surface area contributed by atoms with Gasteiger partial charge >= 0.3 is 6.09 Å². The smallest absolute Gasteiger partial charge is 0.412 e. The lowest BCUT2D eigenvalue weighted by atomic mass is 10.0. The third-order valence-corrected chi connectivity index (χ3v) is 8.02. The molecule has 1 saturated carbocycles. The van der Waals surface area contributed by atoms with Crippen LogP contribution in [0, 0.1) is 24.2 Å². The summed E-state index contributed by atoms with van der Waals surface area (Å²) < 4.78 is 10.1. The van der Waals surface area contributed by atoms with Crippen LogP contribution in [-0.4, -0.2) is 16.3 Å². The molecule has 1 fully saturated rings. The number of fused-ring (bicyclic) bond motifs is 1. The number of Topliss-reactive ketones (excluding diaryl/α,β-unsaturated/α-hetero) is 1. The molecule has 0 saturated heterocycles. The number of ether oxygens (including phenoxy) is 1. The predicted octanol–water partition coefficient (Wildman–Crippen LogP) is 7.96. The van der Waals surface area contributed by atoms with Crippen LogP contribution in [0.25, 0.3) is 21.2 Å². The molecular formula is C30H25ClN2O3S. The molecule has 1 heterocycles. The topological polar surface area (TPSA) is 68.3 Å². The first-order chi connectivity index (χ1) is 17.8. The summed E-state index contributed by atoms with van der Waals surface area (Å²) in [6, 6.07) is 19.4. The van der Waals surface area contributed by atoms with Gasteiger partial charge in [0.1, 0.15) is 11.9 Å². The number of anilines is 1. The number of halogens is 1. The van der Waals surface area contributed by atoms with E-state index in [1.165, 1.54) is 11.5 Å². The summed E-state index contributed by atoms with van der Waals surface area (Å²) in [7, 11) is 0. The molecule has 37 heavy (non-hydrogen) atoms. The van der Waals surface area contributed by atoms with E-state index in [1.54, 1.807) is 19.9 Å². The van der Waals surface area contributed by atoms with Crippen molar-refractivity contribution in [1.82, 2.24) is 4.37 Å². The maximum absolute atomic E-state index is 12.7. The van der Waals surface area contributed by atoms with Crippen molar-refractivity contribution < 1.29 is 14.3 Å². The molecule has 1 aliphatic rings. The van der Waals surface area contributed by atoms with E-state index in [4.69, 9.17) is 16.3 Å². The lowest BCUT2D eigenvalue weighted by Crippen LogP contribution is -2.16. The molecule has 0 aliphatic heterocycles. The minimum atomic E-state index is -0.569. The Bertz CT molecular complexity index is 1590. The van der Waals surface area contributed by atoms with Crippen LogP contribution >= 0.6 is 23.1 Å². The van der Waals surface area contributed by atoms with Crippen LogP contribution in [0.1, 0.15) is 49.6 Å². The van der Waals surface area contributed by atoms with Gasteiger partial charge < -0.3 is 4.74 Å². The van der Waals surface area contributed by atoms with Crippen molar-refractivity contribution in [1.29, 1.82) is 0 Å². The van der Waals surface area contributed by atoms with E-state index in [9.17, 15) is 9.59 Å². The Morgan fingerprint density at radius 2 is 1.84 bits per heavy atom. The fourth-order valence-electron chi connectivity index (χ4n) is 4.22. The Kier molecular flexibility index (Phi) is 6.76. The van der Waals surface area contributed by atoms with Crippen LogP contribution < -0.4 is 5.32 Å². The first kappa shape index (κ1) is 25.0. The van der Waals surface area contributed by atoms with Gasteiger partial charge in [0.25, 0.3) is 0 Å². The molecule has 1 N–H and O–H groups in total. The first-order valence-electron chi connectivity index (χ1n) is 12.0. The highest BCUT2D eigenvalue weighted by molar-refractivity contribution is 7.10. The van der Waals surface area contributed by atoms with E-state index in [2.05, 4.69) is 27.6 Å². The van der Waals surface area contributed by atoms with E-state index in [1.807, 2.05) is 55.5 Å². The van der Waals surface area contributed by atoms with E-state index >= 15 is 0 Å². The number of nitrogens with zero attached hydrogens (tertiary/aromatic N) is 1. The number of ketones is 1. The minimum absolute atomic E-state index is 0.150. The summed E-state index contributed by atoms with van der Waals surface area (Å²) in [6.45, 7) is 5.26. The van der Waals surface area contributed by atoms with Gasteiger partial charge in [0.2, 0.25) is 0 Å². The van der Waals surface area contributed by atoms with Crippen molar-refractivity contribution in [2.24, 2.45) is 5.41 Å². The lowest BCUT2D eigenvalue weighted by molar-refractivity contribution is -0.120. The maximum atomic E-state index is 12.7. The van der Waals surface area contributed by atoms with E-state index in [-0.39, 0.29) is 5.78 Å². The fraction of sp³-hybridized carbons (Fsp3) is 0.233. The average Bonchev–Trinajstić information content (AvgIpc) is 3.60. The molecule has 186 valence electrons. The van der Waals surface area contributed by atoms with Crippen LogP contribution in [0.4, 0.5) is 10.5 Å². The van der Waals surface area contributed by atoms with Crippen LogP contribution in [0.5, 0.6) is 0 Å². The van der Waals surface area contributed by atoms with Crippen LogP contribution in [0.2, 0.25) is 5.02 Å². The second kappa shape index (κ2) is 10.0. The summed E-state index contributed by atoms with van der Waals surface area (Å²) in [4.78, 5) is 25.4. The van der Waals surface area contributed by atoms with Crippen molar-refractivity contribution in [3.8, 4) is 22.3 Å². The number of nitrogens with one attached hydrogen (secondary N) is 1. The quantitative estimate of drug-likeness (QED) is 0.267. The molecule has 5 nitrogen and oxygen atoms in total. The normalized spacial score (nSPS) is 14.4. The van der Waals surface area contributed by atoms with Gasteiger partial charge in [-0.15, -0.1) is 0 Å². The standard InChI is InChI=1S/C30H25ClN2O3S/c1-18-27(32-29(35)36-19(2)25-6-4-5-7-26(25)31)28(37-33-18)24-11-10-22-16-21(8-9-23(22)17-24)12-13-30(14-15-30)20(3)34/h4-11,16-17,19H,14-15H2,1-3H3,(H,32,35)/t19-/m1/s1. The zero-order valence-corrected chi connectivity index (χ0v) is 22.3. The Balaban J connectivity index is 1.35. The Hall–Kier alpha value is -3.66. The number of amides is 1. The highest BCUT2D eigenvalue weighted by Crippen LogP contribution is 2.45. The number of rotatable bonds is 5. The van der Waals surface area contributed by atoms with Crippen LogP contribution in [0.15, 0.2) is 60.7 Å². The van der Waals surface area contributed by atoms with Crippen LogP contribution in [-0.2, 0) is 9.53 Å². The Labute approximate surface area is 225 Å². The number of carbonyl (C=O) groups excluding carboxylic acids is 2. The third-order valence-electron chi connectivity index (χ3n) is 6.69. The summed E-state index contributed by atoms with van der Waals surface area (Å²) in [5, 5.41) is 5.52. The van der Waals surface area contributed by atoms with Gasteiger partial charge in [0, 0.05) is 16.1 Å². The Morgan fingerprint density at radius 3 is 2.57 bits per heavy atom. The SMILES string of the molecule is CC(=O)C1(C#Cc2ccc3cc(-c4snc(C)c4NC(=O)O[C@H](C)c4ccccc4Cl)ccc3c2)CC1. The fourth-order valence-corrected chi connectivity index (χ4v) is 5.35. The molecule has 1 aliphatic carbocycles. The van der Waals surface area contributed by atoms with Crippen LogP contribution in [0.3, 0.4) is 0 Å². The second-order valence-electron chi connectivity index (χ2n) is 9.33. The third kappa shape index (κ3) is 5.24. The molecule has 0 radical (unpaired) electrons. The molecule has 0 unspecified atom stereocenters. The van der Waals surface area contributed by atoms with Crippen molar-refractivity contribution in [3.05, 3.63) is 82.5 Å². The molecule has 0 bridgehead atoms. The molecule has 0 spiro atoms. The Morgan fingerprint density at radius 1 is 1.11 bits per heavy atom. The van der Waals surface area contributed by atoms with E-state index in [0.29, 0.717) is 16.4 Å². The van der Waals surface area contributed by atoms with E-state index in [0.717, 1.165) is 45.2 Å². The average molecular weight is 529 g/mol. The number of aryl methyl sites for hydroxylation is 1. The molecule has 3 aromatic carbocycles. The molecule has 7 heteroatoms. The van der Waals surface area contributed by atoms with Gasteiger partial charge in [-0.1, -0.05) is 59.8 Å². The molecule has 1 amide bonds. The summed E-state index contributed by atoms with van der Waals surface area (Å²) in [6.07, 6.45) is 0.624. The molecular weight excluding hydrogens is 504 g/mol. The van der Waals surface area contributed by atoms with Crippen molar-refractivity contribution in [3.63, 3.8) is 0 Å². The summed E-state index contributed by atoms with van der Waals surface area (Å²) in [5.74, 6) is 6.51. The molecule has 1 aromatic heterocycles. The molecule has 1 atom stereocenters. The number of carbonyl (C=O) groups is 2. The zero-order valence-electron chi connectivity index (χ0n) is 20.7. The van der Waals surface area contributed by atoms with Gasteiger partial charge in [-0.3, -0.25) is 10.1 Å². The van der Waals surface area contributed by atoms with Gasteiger partial charge in [-0.2, -0.15) is 4.37 Å². The summed E-state index contributed by atoms with van der Waals surface area (Å²) in [5.41, 5.74) is 3.49. The van der Waals surface area contributed by atoms with E-state index < -0.39 is 17.6 Å². The minimum Gasteiger partial charge on any atom is -0.441 e. The largest absolute Gasteiger partial charge is 0.441 e. The molecule has 4 aromatic rings. The summed E-state index contributed by atoms with van der Waals surface area (Å²) >= 11 is 7.57. The first-order valence-corrected chi connectivity index (χ1v) is 13.2. The van der Waals surface area contributed by atoms with Gasteiger partial charge in [0.05, 0.1) is 21.7 Å². The second-order valence-corrected chi connectivity index (χ2v) is 10.5. The highest BCUT2D eigenvalue weighted by Gasteiger charge is 2.45. The monoisotopic (exact) mass is 528 g/mol. The predicted molar refractivity (Wildman–Crippen MR) is 149 cm³/mol. The highest BCUT2D eigenvalue weighted by atomic mass is 35.5. The lowest BCUT2D eigenvalue weighted by Gasteiger charge is -2.16. The maximum Gasteiger partial charge on any atom is 0.412 e. The number of hydrogen-bond acceptors (Lipinski definition) is 5. The number of aromatic nitrogens is 1. The zero-order chi connectivity index (χ0) is 26.2.